The molecule has 15 heavy (non-hydrogen) atoms. The van der Waals surface area contributed by atoms with Gasteiger partial charge < -0.3 is 4.57 Å². The molecule has 0 amide bonds. The van der Waals surface area contributed by atoms with Gasteiger partial charge in [-0.2, -0.15) is 0 Å². The van der Waals surface area contributed by atoms with Gasteiger partial charge in [-0.15, -0.1) is 0 Å². The molecule has 2 nitrogen and oxygen atoms in total. The first kappa shape index (κ1) is 11.1. The average molecular weight is 336 g/mol. The highest BCUT2D eigenvalue weighted by Crippen LogP contribution is 2.28. The van der Waals surface area contributed by atoms with E-state index < -0.39 is 0 Å². The Hall–Kier alpha value is -0.420. The summed E-state index contributed by atoms with van der Waals surface area (Å²) in [5, 5.41) is 0. The van der Waals surface area contributed by atoms with Gasteiger partial charge in [-0.05, 0) is 51.8 Å². The molecule has 0 atom stereocenters. The fraction of sp³-hybridized carbons (Fsp3) is 0.300. The molecule has 0 fully saturated rings. The second-order valence-corrected chi connectivity index (χ2v) is 5.16. The molecule has 80 valence electrons. The predicted octanol–water partition coefficient (Wildman–Crippen LogP) is 4.28. The Bertz CT molecular complexity index is 520. The summed E-state index contributed by atoms with van der Waals surface area (Å²) in [4.78, 5) is 4.32. The van der Waals surface area contributed by atoms with Gasteiger partial charge in [0, 0.05) is 12.1 Å². The van der Waals surface area contributed by atoms with Gasteiger partial charge in [0.25, 0.3) is 0 Å². The Morgan fingerprint density at radius 2 is 2.00 bits per heavy atom. The Balaban J connectivity index is 2.81. The zero-order valence-corrected chi connectivity index (χ0v) is 11.4. The molecular formula is C10H9Br2FN2. The van der Waals surface area contributed by atoms with Crippen molar-refractivity contribution in [1.29, 1.82) is 0 Å². The summed E-state index contributed by atoms with van der Waals surface area (Å²) in [5.74, 6) is -0.267. The van der Waals surface area contributed by atoms with Crippen LogP contribution in [0.1, 0.15) is 19.9 Å². The number of aromatic nitrogens is 2. The van der Waals surface area contributed by atoms with Gasteiger partial charge in [-0.3, -0.25) is 0 Å². The van der Waals surface area contributed by atoms with Gasteiger partial charge in [0.15, 0.2) is 4.73 Å². The van der Waals surface area contributed by atoms with E-state index in [1.54, 1.807) is 6.07 Å². The normalized spacial score (nSPS) is 11.6. The van der Waals surface area contributed by atoms with Crippen molar-refractivity contribution in [2.45, 2.75) is 19.9 Å². The minimum absolute atomic E-state index is 0.241. The van der Waals surface area contributed by atoms with E-state index in [2.05, 4.69) is 36.8 Å². The fourth-order valence-electron chi connectivity index (χ4n) is 1.55. The number of rotatable bonds is 1. The molecule has 0 saturated heterocycles. The van der Waals surface area contributed by atoms with Gasteiger partial charge in [-0.1, -0.05) is 0 Å². The summed E-state index contributed by atoms with van der Waals surface area (Å²) in [5.41, 5.74) is 1.58. The van der Waals surface area contributed by atoms with Crippen LogP contribution in [0.2, 0.25) is 0 Å². The van der Waals surface area contributed by atoms with Gasteiger partial charge in [0.1, 0.15) is 5.82 Å². The summed E-state index contributed by atoms with van der Waals surface area (Å²) >= 11 is 6.52. The lowest BCUT2D eigenvalue weighted by Gasteiger charge is -2.09. The zero-order chi connectivity index (χ0) is 11.2. The molecule has 0 radical (unpaired) electrons. The molecule has 0 aliphatic carbocycles. The van der Waals surface area contributed by atoms with Crippen molar-refractivity contribution < 1.29 is 4.39 Å². The number of halogens is 3. The van der Waals surface area contributed by atoms with Gasteiger partial charge in [0.2, 0.25) is 0 Å². The first-order chi connectivity index (χ1) is 7.00. The summed E-state index contributed by atoms with van der Waals surface area (Å²) in [6.45, 7) is 4.07. The van der Waals surface area contributed by atoms with Crippen LogP contribution in [-0.4, -0.2) is 9.55 Å². The smallest absolute Gasteiger partial charge is 0.178 e. The van der Waals surface area contributed by atoms with Crippen molar-refractivity contribution in [3.8, 4) is 0 Å². The lowest BCUT2D eigenvalue weighted by molar-refractivity contribution is 0.597. The summed E-state index contributed by atoms with van der Waals surface area (Å²) in [6, 6.07) is 3.43. The van der Waals surface area contributed by atoms with Gasteiger partial charge >= 0.3 is 0 Å². The second-order valence-electron chi connectivity index (χ2n) is 3.60. The third-order valence-corrected chi connectivity index (χ3v) is 3.37. The molecule has 0 aliphatic heterocycles. The molecule has 5 heteroatoms. The van der Waals surface area contributed by atoms with E-state index in [4.69, 9.17) is 0 Å². The van der Waals surface area contributed by atoms with E-state index >= 15 is 0 Å². The maximum absolute atomic E-state index is 13.4. The van der Waals surface area contributed by atoms with Crippen LogP contribution in [0.4, 0.5) is 4.39 Å². The largest absolute Gasteiger partial charge is 0.316 e. The van der Waals surface area contributed by atoms with E-state index in [9.17, 15) is 4.39 Å². The SMILES string of the molecule is CC(C)n1c(Br)nc2cc(Br)c(F)cc21. The van der Waals surface area contributed by atoms with Crippen LogP contribution >= 0.6 is 31.9 Å². The van der Waals surface area contributed by atoms with Crippen molar-refractivity contribution in [3.63, 3.8) is 0 Å². The number of benzene rings is 1. The fourth-order valence-corrected chi connectivity index (χ4v) is 2.68. The quantitative estimate of drug-likeness (QED) is 0.760. The molecule has 0 unspecified atom stereocenters. The highest BCUT2D eigenvalue weighted by Gasteiger charge is 2.13. The van der Waals surface area contributed by atoms with Crippen LogP contribution in [0.15, 0.2) is 21.3 Å². The van der Waals surface area contributed by atoms with Crippen LogP contribution in [-0.2, 0) is 0 Å². The molecule has 0 bridgehead atoms. The number of fused-ring (bicyclic) bond motifs is 1. The molecular weight excluding hydrogens is 327 g/mol. The highest BCUT2D eigenvalue weighted by molar-refractivity contribution is 9.10. The van der Waals surface area contributed by atoms with Crippen LogP contribution in [0.25, 0.3) is 11.0 Å². The van der Waals surface area contributed by atoms with E-state index in [0.29, 0.717) is 4.47 Å². The highest BCUT2D eigenvalue weighted by atomic mass is 79.9. The molecule has 0 saturated carbocycles. The molecule has 2 aromatic rings. The minimum Gasteiger partial charge on any atom is -0.316 e. The van der Waals surface area contributed by atoms with Crippen molar-refractivity contribution in [3.05, 3.63) is 27.2 Å². The minimum atomic E-state index is -0.267. The van der Waals surface area contributed by atoms with Gasteiger partial charge in [-0.25, -0.2) is 9.37 Å². The van der Waals surface area contributed by atoms with Crippen molar-refractivity contribution in [1.82, 2.24) is 9.55 Å². The number of hydrogen-bond acceptors (Lipinski definition) is 1. The molecule has 1 heterocycles. The number of nitrogens with zero attached hydrogens (tertiary/aromatic N) is 2. The third kappa shape index (κ3) is 1.83. The molecule has 1 aromatic heterocycles. The predicted molar refractivity (Wildman–Crippen MR) is 65.5 cm³/mol. The van der Waals surface area contributed by atoms with Crippen molar-refractivity contribution in [2.75, 3.05) is 0 Å². The van der Waals surface area contributed by atoms with Crippen molar-refractivity contribution >= 4 is 42.9 Å². The first-order valence-electron chi connectivity index (χ1n) is 4.53. The summed E-state index contributed by atoms with van der Waals surface area (Å²) < 4.78 is 16.5. The monoisotopic (exact) mass is 334 g/mol. The topological polar surface area (TPSA) is 17.8 Å². The summed E-state index contributed by atoms with van der Waals surface area (Å²) in [6.07, 6.45) is 0. The standard InChI is InChI=1S/C10H9Br2FN2/c1-5(2)15-9-4-7(13)6(11)3-8(9)14-10(15)12/h3-5H,1-2H3. The summed E-state index contributed by atoms with van der Waals surface area (Å²) in [7, 11) is 0. The van der Waals surface area contributed by atoms with E-state index in [0.717, 1.165) is 15.8 Å². The Labute approximate surface area is 104 Å². The van der Waals surface area contributed by atoms with Gasteiger partial charge in [0.05, 0.1) is 15.5 Å². The maximum atomic E-state index is 13.4. The Morgan fingerprint density at radius 1 is 1.33 bits per heavy atom. The maximum Gasteiger partial charge on any atom is 0.178 e. The lowest BCUT2D eigenvalue weighted by atomic mass is 10.3. The van der Waals surface area contributed by atoms with Crippen LogP contribution in [0.3, 0.4) is 0 Å². The molecule has 2 rings (SSSR count). The third-order valence-electron chi connectivity index (χ3n) is 2.20. The average Bonchev–Trinajstić information content (AvgIpc) is 2.41. The van der Waals surface area contributed by atoms with Crippen LogP contribution < -0.4 is 0 Å². The van der Waals surface area contributed by atoms with Crippen molar-refractivity contribution in [2.24, 2.45) is 0 Å². The number of hydrogen-bond donors (Lipinski definition) is 0. The van der Waals surface area contributed by atoms with E-state index in [1.165, 1.54) is 6.07 Å². The van der Waals surface area contributed by atoms with E-state index in [1.807, 2.05) is 18.4 Å². The van der Waals surface area contributed by atoms with Crippen LogP contribution in [0, 0.1) is 5.82 Å². The zero-order valence-electron chi connectivity index (χ0n) is 8.26. The van der Waals surface area contributed by atoms with Crippen LogP contribution in [0.5, 0.6) is 0 Å². The lowest BCUT2D eigenvalue weighted by Crippen LogP contribution is -2.00. The molecule has 0 aliphatic rings. The molecule has 0 spiro atoms. The second kappa shape index (κ2) is 3.87. The molecule has 0 N–H and O–H groups in total. The first-order valence-corrected chi connectivity index (χ1v) is 6.11. The molecule has 1 aromatic carbocycles. The Kier molecular flexibility index (Phi) is 2.85. The van der Waals surface area contributed by atoms with E-state index in [-0.39, 0.29) is 11.9 Å². The Morgan fingerprint density at radius 3 is 2.60 bits per heavy atom. The number of imidazole rings is 1.